The van der Waals surface area contributed by atoms with Crippen molar-refractivity contribution in [2.24, 2.45) is 0 Å². The van der Waals surface area contributed by atoms with Crippen molar-refractivity contribution in [3.05, 3.63) is 42.5 Å². The fourth-order valence-corrected chi connectivity index (χ4v) is 4.10. The molecule has 0 bridgehead atoms. The highest BCUT2D eigenvalue weighted by Gasteiger charge is 2.28. The number of sulfonamides is 1. The van der Waals surface area contributed by atoms with Gasteiger partial charge in [0.1, 0.15) is 0 Å². The Morgan fingerprint density at radius 2 is 1.65 bits per heavy atom. The lowest BCUT2D eigenvalue weighted by atomic mass is 10.1. The van der Waals surface area contributed by atoms with E-state index in [9.17, 15) is 8.42 Å². The molecule has 2 aromatic carbocycles. The van der Waals surface area contributed by atoms with E-state index >= 15 is 0 Å². The van der Waals surface area contributed by atoms with Gasteiger partial charge in [0.05, 0.1) is 32.6 Å². The third-order valence-electron chi connectivity index (χ3n) is 3.99. The second-order valence-corrected chi connectivity index (χ2v) is 8.63. The summed E-state index contributed by atoms with van der Waals surface area (Å²) >= 11 is 0. The molecule has 0 aliphatic heterocycles. The maximum absolute atomic E-state index is 12.8. The summed E-state index contributed by atoms with van der Waals surface area (Å²) in [7, 11) is 6.51. The quantitative estimate of drug-likeness (QED) is 0.645. The number of likely N-dealkylation sites (N-methyl/N-ethyl adjacent to an activating group) is 2. The molecule has 0 amide bonds. The van der Waals surface area contributed by atoms with Gasteiger partial charge >= 0.3 is 0 Å². The first-order valence-corrected chi connectivity index (χ1v) is 9.06. The van der Waals surface area contributed by atoms with E-state index < -0.39 is 10.0 Å². The second kappa shape index (κ2) is 6.57. The third-order valence-corrected chi connectivity index (χ3v) is 5.47. The van der Waals surface area contributed by atoms with Gasteiger partial charge in [0.15, 0.2) is 6.17 Å². The van der Waals surface area contributed by atoms with Gasteiger partial charge in [0.25, 0.3) is 0 Å². The van der Waals surface area contributed by atoms with Crippen LogP contribution in [0.25, 0.3) is 10.8 Å². The van der Waals surface area contributed by atoms with Gasteiger partial charge in [-0.2, -0.15) is 0 Å². The number of hydrogen-bond acceptors (Lipinski definition) is 3. The molecule has 5 nitrogen and oxygen atoms in total. The van der Waals surface area contributed by atoms with Crippen LogP contribution < -0.4 is 4.72 Å². The Bertz CT molecular complexity index is 775. The Kier molecular flexibility index (Phi) is 5.10. The van der Waals surface area contributed by atoms with Gasteiger partial charge in [-0.15, -0.1) is 0 Å². The maximum atomic E-state index is 12.8. The number of nitrogens with one attached hydrogen (secondary N) is 1. The lowest BCUT2D eigenvalue weighted by molar-refractivity contribution is -0.906. The molecule has 0 aliphatic carbocycles. The highest BCUT2D eigenvalue weighted by atomic mass is 32.2. The van der Waals surface area contributed by atoms with Crippen molar-refractivity contribution < 1.29 is 12.9 Å². The Morgan fingerprint density at radius 3 is 2.26 bits per heavy atom. The molecule has 0 aliphatic rings. The highest BCUT2D eigenvalue weighted by molar-refractivity contribution is 7.89. The summed E-state index contributed by atoms with van der Waals surface area (Å²) < 4.78 is 28.9. The van der Waals surface area contributed by atoms with Crippen LogP contribution in [0.4, 0.5) is 0 Å². The van der Waals surface area contributed by atoms with Crippen molar-refractivity contribution in [1.29, 1.82) is 0 Å². The van der Waals surface area contributed by atoms with E-state index in [-0.39, 0.29) is 6.17 Å². The summed E-state index contributed by atoms with van der Waals surface area (Å²) in [5.74, 6) is 0. The minimum atomic E-state index is -3.56. The van der Waals surface area contributed by atoms with Crippen LogP contribution in [0.5, 0.6) is 0 Å². The number of nitrogens with zero attached hydrogens (tertiary/aromatic N) is 2. The van der Waals surface area contributed by atoms with Gasteiger partial charge in [-0.3, -0.25) is 4.90 Å². The molecular formula is C17H26N3O2S+. The third kappa shape index (κ3) is 4.09. The number of benzene rings is 2. The molecule has 0 spiro atoms. The molecule has 6 heteroatoms. The van der Waals surface area contributed by atoms with Crippen molar-refractivity contribution >= 4 is 20.8 Å². The topological polar surface area (TPSA) is 49.4 Å². The first-order valence-electron chi connectivity index (χ1n) is 7.58. The summed E-state index contributed by atoms with van der Waals surface area (Å²) in [5.41, 5.74) is 0. The second-order valence-electron chi connectivity index (χ2n) is 6.89. The van der Waals surface area contributed by atoms with Gasteiger partial charge in [-0.1, -0.05) is 36.4 Å². The van der Waals surface area contributed by atoms with E-state index in [1.165, 1.54) is 0 Å². The van der Waals surface area contributed by atoms with Gasteiger partial charge in [-0.25, -0.2) is 13.1 Å². The summed E-state index contributed by atoms with van der Waals surface area (Å²) in [6, 6.07) is 12.9. The number of fused-ring (bicyclic) bond motifs is 1. The molecule has 2 aromatic rings. The van der Waals surface area contributed by atoms with Crippen molar-refractivity contribution in [3.8, 4) is 0 Å². The molecule has 1 atom stereocenters. The molecule has 23 heavy (non-hydrogen) atoms. The Hall–Kier alpha value is -1.47. The van der Waals surface area contributed by atoms with E-state index in [1.807, 2.05) is 49.3 Å². The minimum absolute atomic E-state index is 0.0414. The minimum Gasteiger partial charge on any atom is -0.315 e. The van der Waals surface area contributed by atoms with Gasteiger partial charge in [-0.05, 0) is 25.5 Å². The van der Waals surface area contributed by atoms with Gasteiger partial charge in [0.2, 0.25) is 10.0 Å². The van der Waals surface area contributed by atoms with Gasteiger partial charge in [0, 0.05) is 5.39 Å². The Balaban J connectivity index is 2.31. The lowest BCUT2D eigenvalue weighted by Crippen LogP contribution is -2.57. The molecule has 2 rings (SSSR count). The van der Waals surface area contributed by atoms with Crippen LogP contribution in [0.3, 0.4) is 0 Å². The molecule has 0 fully saturated rings. The van der Waals surface area contributed by atoms with Crippen LogP contribution in [0.2, 0.25) is 0 Å². The van der Waals surface area contributed by atoms with E-state index in [4.69, 9.17) is 0 Å². The lowest BCUT2D eigenvalue weighted by Gasteiger charge is -2.38. The fourth-order valence-electron chi connectivity index (χ4n) is 2.84. The normalized spacial score (nSPS) is 14.3. The molecule has 0 saturated carbocycles. The smallest absolute Gasteiger partial charge is 0.241 e. The zero-order valence-corrected chi connectivity index (χ0v) is 15.3. The molecule has 1 unspecified atom stereocenters. The average molecular weight is 336 g/mol. The van der Waals surface area contributed by atoms with E-state index in [0.29, 0.717) is 15.9 Å². The average Bonchev–Trinajstić information content (AvgIpc) is 2.44. The van der Waals surface area contributed by atoms with Crippen molar-refractivity contribution in [1.82, 2.24) is 9.62 Å². The molecular weight excluding hydrogens is 310 g/mol. The van der Waals surface area contributed by atoms with Crippen LogP contribution >= 0.6 is 0 Å². The van der Waals surface area contributed by atoms with Crippen LogP contribution in [0.15, 0.2) is 47.4 Å². The molecule has 0 saturated heterocycles. The first-order chi connectivity index (χ1) is 10.6. The number of hydrogen-bond donors (Lipinski definition) is 1. The summed E-state index contributed by atoms with van der Waals surface area (Å²) in [6.07, 6.45) is 0.0414. The SMILES string of the molecule is CN(C)C(CNS(=O)(=O)c1cccc2ccccc12)[N+](C)(C)C. The van der Waals surface area contributed by atoms with Crippen molar-refractivity contribution in [2.75, 3.05) is 41.8 Å². The molecule has 0 radical (unpaired) electrons. The van der Waals surface area contributed by atoms with Crippen molar-refractivity contribution in [3.63, 3.8) is 0 Å². The largest absolute Gasteiger partial charge is 0.315 e. The number of rotatable bonds is 6. The zero-order valence-electron chi connectivity index (χ0n) is 14.4. The van der Waals surface area contributed by atoms with Gasteiger partial charge < -0.3 is 4.48 Å². The van der Waals surface area contributed by atoms with E-state index in [0.717, 1.165) is 10.8 Å². The zero-order chi connectivity index (χ0) is 17.3. The molecule has 0 heterocycles. The predicted molar refractivity (Wildman–Crippen MR) is 94.6 cm³/mol. The first kappa shape index (κ1) is 17.9. The fraction of sp³-hybridized carbons (Fsp3) is 0.412. The van der Waals surface area contributed by atoms with Crippen molar-refractivity contribution in [2.45, 2.75) is 11.1 Å². The monoisotopic (exact) mass is 336 g/mol. The summed E-state index contributed by atoms with van der Waals surface area (Å²) in [4.78, 5) is 2.36. The van der Waals surface area contributed by atoms with Crippen LogP contribution in [0, 0.1) is 0 Å². The van der Waals surface area contributed by atoms with Crippen LogP contribution in [0.1, 0.15) is 0 Å². The highest BCUT2D eigenvalue weighted by Crippen LogP contribution is 2.22. The standard InChI is InChI=1S/C17H26N3O2S/c1-19(2)17(20(3,4)5)13-18-23(21,22)16-12-8-10-14-9-6-7-11-15(14)16/h6-12,17-18H,13H2,1-5H3/q+1. The molecule has 1 N–H and O–H groups in total. The van der Waals surface area contributed by atoms with Crippen LogP contribution in [-0.2, 0) is 10.0 Å². The van der Waals surface area contributed by atoms with E-state index in [2.05, 4.69) is 25.9 Å². The summed E-state index contributed by atoms with van der Waals surface area (Å²) in [6.45, 7) is 0.349. The molecule has 126 valence electrons. The number of quaternary nitrogens is 1. The van der Waals surface area contributed by atoms with E-state index in [1.54, 1.807) is 12.1 Å². The maximum Gasteiger partial charge on any atom is 0.241 e. The predicted octanol–water partition coefficient (Wildman–Crippen LogP) is 1.71. The van der Waals surface area contributed by atoms with Crippen LogP contribution in [-0.4, -0.2) is 65.7 Å². The Morgan fingerprint density at radius 1 is 1.04 bits per heavy atom. The summed E-state index contributed by atoms with van der Waals surface area (Å²) in [5, 5.41) is 1.67. The molecule has 0 aromatic heterocycles. The Labute approximate surface area is 139 Å².